The highest BCUT2D eigenvalue weighted by molar-refractivity contribution is 7.80. The van der Waals surface area contributed by atoms with Gasteiger partial charge in [-0.05, 0) is 85.9 Å². The molecule has 0 amide bonds. The van der Waals surface area contributed by atoms with E-state index in [1.54, 1.807) is 5.57 Å². The molecule has 5 aliphatic rings. The second-order valence-electron chi connectivity index (χ2n) is 11.3. The minimum absolute atomic E-state index is 0.172. The minimum atomic E-state index is 0.172. The van der Waals surface area contributed by atoms with Crippen molar-refractivity contribution in [3.63, 3.8) is 0 Å². The maximum absolute atomic E-state index is 5.66. The predicted octanol–water partition coefficient (Wildman–Crippen LogP) is 3.75. The fourth-order valence-corrected chi connectivity index (χ4v) is 9.19. The first-order valence-corrected chi connectivity index (χ1v) is 14.2. The Morgan fingerprint density at radius 2 is 2.00 bits per heavy atom. The molecule has 0 bridgehead atoms. The largest absolute Gasteiger partial charge is 0.375 e. The van der Waals surface area contributed by atoms with Crippen LogP contribution >= 0.6 is 23.6 Å². The molecule has 1 aliphatic heterocycles. The van der Waals surface area contributed by atoms with E-state index in [2.05, 4.69) is 46.2 Å². The highest BCUT2D eigenvalue weighted by Crippen LogP contribution is 2.65. The van der Waals surface area contributed by atoms with Crippen LogP contribution < -0.4 is 21.9 Å². The first-order valence-electron chi connectivity index (χ1n) is 12.9. The van der Waals surface area contributed by atoms with Gasteiger partial charge in [0.1, 0.15) is 0 Å². The number of anilines is 1. The molecule has 6 rings (SSSR count). The number of allylic oxidation sites excluding steroid dienone is 2. The third kappa shape index (κ3) is 3.62. The number of hydrazone groups is 1. The molecule has 4 aliphatic carbocycles. The summed E-state index contributed by atoms with van der Waals surface area (Å²) in [6.07, 6.45) is 10.9. The van der Waals surface area contributed by atoms with Gasteiger partial charge >= 0.3 is 0 Å². The second-order valence-corrected chi connectivity index (χ2v) is 12.8. The SMILES string of the molecule is C[C@]12CCc3nc(NN4CCNCC4)sc3C1=CC[C@@H]1[C@@H]2CC[C@]2(C)/C(=N/NC(N)=S)CC[C@@H]12. The number of fused-ring (bicyclic) bond motifs is 7. The number of piperazine rings is 1. The number of thiocarbonyl (C=S) groups is 1. The highest BCUT2D eigenvalue weighted by atomic mass is 32.1. The van der Waals surface area contributed by atoms with E-state index < -0.39 is 0 Å². The van der Waals surface area contributed by atoms with Gasteiger partial charge in [0.05, 0.1) is 10.6 Å². The summed E-state index contributed by atoms with van der Waals surface area (Å²) < 4.78 is 0. The number of aromatic nitrogens is 1. The highest BCUT2D eigenvalue weighted by Gasteiger charge is 2.58. The minimum Gasteiger partial charge on any atom is -0.375 e. The summed E-state index contributed by atoms with van der Waals surface area (Å²) in [5.41, 5.74) is 16.7. The van der Waals surface area contributed by atoms with E-state index >= 15 is 0 Å². The molecule has 1 aromatic heterocycles. The number of hydrazine groups is 1. The smallest absolute Gasteiger partial charge is 0.198 e. The average Bonchev–Trinajstić information content (AvgIpc) is 3.38. The Balaban J connectivity index is 1.26. The molecule has 34 heavy (non-hydrogen) atoms. The molecular formula is C25H37N7S2. The number of nitrogens with zero attached hydrogens (tertiary/aromatic N) is 3. The normalized spacial score (nSPS) is 38.4. The number of nitrogens with two attached hydrogens (primary N) is 1. The third-order valence-corrected chi connectivity index (χ3v) is 10.8. The number of hydrogen-bond acceptors (Lipinski definition) is 7. The van der Waals surface area contributed by atoms with Gasteiger partial charge in [0, 0.05) is 37.3 Å². The maximum Gasteiger partial charge on any atom is 0.198 e. The molecule has 0 aromatic carbocycles. The van der Waals surface area contributed by atoms with Crippen LogP contribution in [0.25, 0.3) is 5.57 Å². The Kier molecular flexibility index (Phi) is 5.75. The number of nitrogens with one attached hydrogen (secondary N) is 3. The van der Waals surface area contributed by atoms with E-state index in [1.807, 2.05) is 11.3 Å². The summed E-state index contributed by atoms with van der Waals surface area (Å²) in [7, 11) is 0. The molecule has 2 saturated carbocycles. The lowest BCUT2D eigenvalue weighted by Gasteiger charge is -2.56. The summed E-state index contributed by atoms with van der Waals surface area (Å²) in [5.74, 6) is 2.17. The molecule has 0 unspecified atom stereocenters. The van der Waals surface area contributed by atoms with Crippen molar-refractivity contribution in [3.8, 4) is 0 Å². The lowest BCUT2D eigenvalue weighted by atomic mass is 9.48. The fourth-order valence-electron chi connectivity index (χ4n) is 7.93. The quantitative estimate of drug-likeness (QED) is 0.372. The van der Waals surface area contributed by atoms with Crippen molar-refractivity contribution in [2.45, 2.75) is 58.8 Å². The first-order chi connectivity index (χ1) is 16.4. The Morgan fingerprint density at radius 3 is 2.79 bits per heavy atom. The molecule has 1 aromatic rings. The van der Waals surface area contributed by atoms with E-state index in [4.69, 9.17) is 22.9 Å². The van der Waals surface area contributed by atoms with Crippen LogP contribution in [0.1, 0.15) is 62.9 Å². The predicted molar refractivity (Wildman–Crippen MR) is 144 cm³/mol. The molecular weight excluding hydrogens is 462 g/mol. The molecule has 0 radical (unpaired) electrons. The zero-order valence-corrected chi connectivity index (χ0v) is 22.0. The molecule has 0 spiro atoms. The van der Waals surface area contributed by atoms with Gasteiger partial charge < -0.3 is 11.1 Å². The van der Waals surface area contributed by atoms with Gasteiger partial charge in [-0.15, -0.1) is 0 Å². The zero-order valence-electron chi connectivity index (χ0n) is 20.3. The van der Waals surface area contributed by atoms with Crippen LogP contribution in [0.3, 0.4) is 0 Å². The van der Waals surface area contributed by atoms with Crippen LogP contribution in [-0.4, -0.2) is 47.0 Å². The molecule has 184 valence electrons. The Morgan fingerprint density at radius 1 is 1.21 bits per heavy atom. The molecule has 3 fully saturated rings. The molecule has 1 saturated heterocycles. The Labute approximate surface area is 212 Å². The van der Waals surface area contributed by atoms with Gasteiger partial charge in [-0.2, -0.15) is 5.10 Å². The molecule has 2 heterocycles. The van der Waals surface area contributed by atoms with Crippen molar-refractivity contribution in [3.05, 3.63) is 16.6 Å². The lowest BCUT2D eigenvalue weighted by Crippen LogP contribution is -2.49. The second kappa shape index (κ2) is 8.54. The van der Waals surface area contributed by atoms with Gasteiger partial charge in [-0.25, -0.2) is 9.99 Å². The van der Waals surface area contributed by atoms with E-state index in [9.17, 15) is 0 Å². The van der Waals surface area contributed by atoms with Crippen LogP contribution in [-0.2, 0) is 6.42 Å². The molecule has 7 nitrogen and oxygen atoms in total. The summed E-state index contributed by atoms with van der Waals surface area (Å²) in [6.45, 7) is 9.11. The van der Waals surface area contributed by atoms with Crippen molar-refractivity contribution in [1.29, 1.82) is 0 Å². The van der Waals surface area contributed by atoms with Crippen molar-refractivity contribution in [2.24, 2.45) is 39.4 Å². The van der Waals surface area contributed by atoms with Crippen molar-refractivity contribution in [1.82, 2.24) is 20.7 Å². The van der Waals surface area contributed by atoms with Crippen LogP contribution in [0.4, 0.5) is 5.13 Å². The van der Waals surface area contributed by atoms with Gasteiger partial charge in [-0.3, -0.25) is 10.9 Å². The van der Waals surface area contributed by atoms with Crippen LogP contribution in [0.2, 0.25) is 0 Å². The van der Waals surface area contributed by atoms with Crippen molar-refractivity contribution < 1.29 is 0 Å². The van der Waals surface area contributed by atoms with E-state index in [-0.39, 0.29) is 15.9 Å². The van der Waals surface area contributed by atoms with Crippen LogP contribution in [0, 0.1) is 28.6 Å². The summed E-state index contributed by atoms with van der Waals surface area (Å²) >= 11 is 6.88. The topological polar surface area (TPSA) is 90.6 Å². The van der Waals surface area contributed by atoms with Crippen molar-refractivity contribution >= 4 is 45.1 Å². The average molecular weight is 500 g/mol. The van der Waals surface area contributed by atoms with E-state index in [1.165, 1.54) is 48.4 Å². The monoisotopic (exact) mass is 499 g/mol. The lowest BCUT2D eigenvalue weighted by molar-refractivity contribution is 0.0116. The van der Waals surface area contributed by atoms with Gasteiger partial charge in [-0.1, -0.05) is 31.3 Å². The summed E-state index contributed by atoms with van der Waals surface area (Å²) in [4.78, 5) is 6.49. The fraction of sp³-hybridized carbons (Fsp3) is 0.720. The Bertz CT molecular complexity index is 1040. The summed E-state index contributed by atoms with van der Waals surface area (Å²) in [6, 6.07) is 0. The third-order valence-electron chi connectivity index (χ3n) is 9.70. The van der Waals surface area contributed by atoms with Gasteiger partial charge in [0.2, 0.25) is 0 Å². The molecule has 9 heteroatoms. The standard InChI is InChI=1S/C25H37N7S2/c1-24-10-8-19-21(34-23(28-19)31-32-13-11-27-12-14-32)18(24)4-3-15-16-5-6-20(29-30-22(26)33)25(16,2)9-7-17(15)24/h4,15-17,27H,3,5-14H2,1-2H3,(H,28,31)(H3,26,30,33)/b29-20+/t15-,16-,17-,24+,25-/m0/s1. The first kappa shape index (κ1) is 22.9. The number of rotatable bonds is 3. The van der Waals surface area contributed by atoms with Crippen LogP contribution in [0.15, 0.2) is 11.2 Å². The van der Waals surface area contributed by atoms with E-state index in [0.717, 1.165) is 56.0 Å². The van der Waals surface area contributed by atoms with Crippen LogP contribution in [0.5, 0.6) is 0 Å². The summed E-state index contributed by atoms with van der Waals surface area (Å²) in [5, 5.41) is 11.7. The number of thiazole rings is 1. The van der Waals surface area contributed by atoms with Crippen molar-refractivity contribution in [2.75, 3.05) is 31.6 Å². The Hall–Kier alpha value is -1.55. The molecule has 5 N–H and O–H groups in total. The van der Waals surface area contributed by atoms with E-state index in [0.29, 0.717) is 5.92 Å². The zero-order chi connectivity index (χ0) is 23.5. The molecule has 5 atom stereocenters. The van der Waals surface area contributed by atoms with Gasteiger partial charge in [0.25, 0.3) is 0 Å². The van der Waals surface area contributed by atoms with Gasteiger partial charge in [0.15, 0.2) is 10.2 Å². The number of hydrogen-bond donors (Lipinski definition) is 4. The maximum atomic E-state index is 5.66. The number of aryl methyl sites for hydroxylation is 1.